The number of fused-ring (bicyclic) bond motifs is 1. The third-order valence-corrected chi connectivity index (χ3v) is 5.60. The van der Waals surface area contributed by atoms with Crippen molar-refractivity contribution in [1.29, 1.82) is 0 Å². The average molecular weight is 474 g/mol. The van der Waals surface area contributed by atoms with Gasteiger partial charge in [0.2, 0.25) is 0 Å². The highest BCUT2D eigenvalue weighted by Crippen LogP contribution is 2.43. The standard InChI is InChI=1S/C23H22O11/c1-9(24)32-8-16-19(29)20(30)21(31)23(34-16)18-13(27)6-12(26)17-14(28)7-15(33-22(17)18)10-2-4-11(25)5-3-10/h2-7,16,19-21,23,25-27,29-31H,8H2,1H3/t16-,19-,20?,21?,23-/m0/s1. The SMILES string of the molecule is CC(=O)OC[C@@H]1O[C@@H](c2c(O)cc(O)c3c(=O)cc(-c4ccc(O)cc4)oc23)C(O)C(O)[C@H]1O. The van der Waals surface area contributed by atoms with Crippen LogP contribution < -0.4 is 5.43 Å². The first-order valence-electron chi connectivity index (χ1n) is 10.2. The molecule has 6 N–H and O–H groups in total. The largest absolute Gasteiger partial charge is 0.508 e. The third-order valence-electron chi connectivity index (χ3n) is 5.60. The summed E-state index contributed by atoms with van der Waals surface area (Å²) in [6, 6.07) is 7.66. The third kappa shape index (κ3) is 4.17. The van der Waals surface area contributed by atoms with Crippen molar-refractivity contribution >= 4 is 16.9 Å². The van der Waals surface area contributed by atoms with Crippen LogP contribution in [-0.2, 0) is 14.3 Å². The van der Waals surface area contributed by atoms with E-state index in [4.69, 9.17) is 13.9 Å². The van der Waals surface area contributed by atoms with Crippen molar-refractivity contribution < 1.29 is 49.3 Å². The number of carbonyl (C=O) groups is 1. The lowest BCUT2D eigenvalue weighted by molar-refractivity contribution is -0.234. The summed E-state index contributed by atoms with van der Waals surface area (Å²) in [5, 5.41) is 61.4. The fraction of sp³-hybridized carbons (Fsp3) is 0.304. The van der Waals surface area contributed by atoms with Gasteiger partial charge in [0.15, 0.2) is 11.0 Å². The Balaban J connectivity index is 1.89. The lowest BCUT2D eigenvalue weighted by Gasteiger charge is -2.40. The van der Waals surface area contributed by atoms with Crippen LogP contribution in [0.3, 0.4) is 0 Å². The van der Waals surface area contributed by atoms with E-state index < -0.39 is 60.0 Å². The van der Waals surface area contributed by atoms with E-state index >= 15 is 0 Å². The summed E-state index contributed by atoms with van der Waals surface area (Å²) < 4.78 is 16.4. The molecule has 1 aliphatic rings. The van der Waals surface area contributed by atoms with E-state index in [0.717, 1.165) is 19.1 Å². The van der Waals surface area contributed by atoms with Crippen LogP contribution in [0, 0.1) is 0 Å². The topological polar surface area (TPSA) is 187 Å². The first-order chi connectivity index (χ1) is 16.1. The number of hydrogen-bond donors (Lipinski definition) is 6. The molecule has 0 spiro atoms. The van der Waals surface area contributed by atoms with Crippen LogP contribution in [0.5, 0.6) is 17.2 Å². The first kappa shape index (κ1) is 23.5. The molecule has 4 rings (SSSR count). The number of aliphatic hydroxyl groups is 3. The van der Waals surface area contributed by atoms with Gasteiger partial charge < -0.3 is 44.5 Å². The van der Waals surface area contributed by atoms with Crippen LogP contribution in [-0.4, -0.2) is 67.6 Å². The normalized spacial score (nSPS) is 24.8. The maximum atomic E-state index is 12.8. The Hall–Kier alpha value is -3.64. The van der Waals surface area contributed by atoms with Crippen molar-refractivity contribution in [1.82, 2.24) is 0 Å². The molecule has 180 valence electrons. The van der Waals surface area contributed by atoms with Crippen molar-refractivity contribution in [2.45, 2.75) is 37.4 Å². The molecule has 2 unspecified atom stereocenters. The highest BCUT2D eigenvalue weighted by molar-refractivity contribution is 5.89. The molecule has 0 radical (unpaired) electrons. The van der Waals surface area contributed by atoms with Gasteiger partial charge in [-0.3, -0.25) is 9.59 Å². The zero-order chi connectivity index (χ0) is 24.7. The summed E-state index contributed by atoms with van der Waals surface area (Å²) in [6.07, 6.45) is -8.02. The van der Waals surface area contributed by atoms with Gasteiger partial charge in [0, 0.05) is 24.6 Å². The van der Waals surface area contributed by atoms with Crippen molar-refractivity contribution in [3.8, 4) is 28.6 Å². The molecule has 34 heavy (non-hydrogen) atoms. The molecule has 11 nitrogen and oxygen atoms in total. The number of hydrogen-bond acceptors (Lipinski definition) is 11. The number of benzene rings is 2. The van der Waals surface area contributed by atoms with Crippen LogP contribution in [0.4, 0.5) is 0 Å². The number of aromatic hydroxyl groups is 3. The van der Waals surface area contributed by atoms with Crippen LogP contribution in [0.2, 0.25) is 0 Å². The predicted molar refractivity (Wildman–Crippen MR) is 115 cm³/mol. The van der Waals surface area contributed by atoms with Crippen LogP contribution in [0.15, 0.2) is 45.6 Å². The van der Waals surface area contributed by atoms with Crippen LogP contribution in [0.1, 0.15) is 18.6 Å². The minimum Gasteiger partial charge on any atom is -0.508 e. The summed E-state index contributed by atoms with van der Waals surface area (Å²) in [7, 11) is 0. The van der Waals surface area contributed by atoms with E-state index in [9.17, 15) is 40.2 Å². The van der Waals surface area contributed by atoms with E-state index in [1.807, 2.05) is 0 Å². The Bertz CT molecular complexity index is 1280. The van der Waals surface area contributed by atoms with Crippen LogP contribution >= 0.6 is 0 Å². The van der Waals surface area contributed by atoms with E-state index in [2.05, 4.69) is 0 Å². The molecule has 1 fully saturated rings. The minimum absolute atomic E-state index is 0.0195. The molecule has 5 atom stereocenters. The second-order valence-corrected chi connectivity index (χ2v) is 7.92. The maximum Gasteiger partial charge on any atom is 0.302 e. The Morgan fingerprint density at radius 1 is 0.971 bits per heavy atom. The molecule has 0 saturated carbocycles. The van der Waals surface area contributed by atoms with E-state index in [0.29, 0.717) is 5.56 Å². The molecule has 2 heterocycles. The molecule has 1 aliphatic heterocycles. The van der Waals surface area contributed by atoms with Gasteiger partial charge in [-0.15, -0.1) is 0 Å². The van der Waals surface area contributed by atoms with E-state index in [1.54, 1.807) is 0 Å². The molecule has 0 amide bonds. The van der Waals surface area contributed by atoms with Crippen molar-refractivity contribution in [3.63, 3.8) is 0 Å². The zero-order valence-corrected chi connectivity index (χ0v) is 17.8. The molecule has 3 aromatic rings. The molecule has 0 aliphatic carbocycles. The smallest absolute Gasteiger partial charge is 0.302 e. The number of phenols is 3. The summed E-state index contributed by atoms with van der Waals surface area (Å²) in [6.45, 7) is 0.674. The Kier molecular flexibility index (Phi) is 6.19. The summed E-state index contributed by atoms with van der Waals surface area (Å²) in [5.74, 6) is -1.88. The number of ether oxygens (including phenoxy) is 2. The molecule has 11 heteroatoms. The highest BCUT2D eigenvalue weighted by atomic mass is 16.6. The lowest BCUT2D eigenvalue weighted by atomic mass is 9.89. The number of rotatable bonds is 4. The fourth-order valence-electron chi connectivity index (χ4n) is 3.89. The van der Waals surface area contributed by atoms with Crippen molar-refractivity contribution in [2.75, 3.05) is 6.61 Å². The van der Waals surface area contributed by atoms with E-state index in [1.165, 1.54) is 24.3 Å². The molecule has 2 aromatic carbocycles. The van der Waals surface area contributed by atoms with E-state index in [-0.39, 0.29) is 28.0 Å². The molecule has 1 saturated heterocycles. The van der Waals surface area contributed by atoms with Gasteiger partial charge in [-0.25, -0.2) is 0 Å². The highest BCUT2D eigenvalue weighted by Gasteiger charge is 2.46. The number of esters is 1. The van der Waals surface area contributed by atoms with Gasteiger partial charge >= 0.3 is 5.97 Å². The van der Waals surface area contributed by atoms with Crippen molar-refractivity contribution in [3.05, 3.63) is 52.2 Å². The Morgan fingerprint density at radius 2 is 1.65 bits per heavy atom. The average Bonchev–Trinajstić information content (AvgIpc) is 2.78. The maximum absolute atomic E-state index is 12.8. The van der Waals surface area contributed by atoms with Gasteiger partial charge in [-0.05, 0) is 24.3 Å². The van der Waals surface area contributed by atoms with Gasteiger partial charge in [-0.1, -0.05) is 0 Å². The quantitative estimate of drug-likeness (QED) is 0.292. The van der Waals surface area contributed by atoms with Gasteiger partial charge in [-0.2, -0.15) is 0 Å². The lowest BCUT2D eigenvalue weighted by Crippen LogP contribution is -2.55. The summed E-state index contributed by atoms with van der Waals surface area (Å²) in [4.78, 5) is 24.0. The summed E-state index contributed by atoms with van der Waals surface area (Å²) in [5.41, 5.74) is -0.881. The molecule has 0 bridgehead atoms. The second-order valence-electron chi connectivity index (χ2n) is 7.92. The van der Waals surface area contributed by atoms with Crippen molar-refractivity contribution in [2.24, 2.45) is 0 Å². The number of phenolic OH excluding ortho intramolecular Hbond substituents is 3. The summed E-state index contributed by atoms with van der Waals surface area (Å²) >= 11 is 0. The minimum atomic E-state index is -1.79. The van der Waals surface area contributed by atoms with Crippen LogP contribution in [0.25, 0.3) is 22.3 Å². The molecular formula is C23H22O11. The predicted octanol–water partition coefficient (Wildman–Crippen LogP) is 0.662. The Labute approximate surface area is 191 Å². The number of aliphatic hydroxyl groups excluding tert-OH is 3. The fourth-order valence-corrected chi connectivity index (χ4v) is 3.89. The number of carbonyl (C=O) groups excluding carboxylic acids is 1. The second kappa shape index (κ2) is 8.95. The van der Waals surface area contributed by atoms with Gasteiger partial charge in [0.25, 0.3) is 0 Å². The van der Waals surface area contributed by atoms with Gasteiger partial charge in [0.1, 0.15) is 65.5 Å². The Morgan fingerprint density at radius 3 is 2.29 bits per heavy atom. The molecular weight excluding hydrogens is 452 g/mol. The van der Waals surface area contributed by atoms with Gasteiger partial charge in [0.05, 0.1) is 5.56 Å². The molecule has 1 aromatic heterocycles. The zero-order valence-electron chi connectivity index (χ0n) is 17.8. The first-order valence-corrected chi connectivity index (χ1v) is 10.2. The monoisotopic (exact) mass is 474 g/mol.